The molecule has 0 spiro atoms. The van der Waals surface area contributed by atoms with Crippen LogP contribution in [0.1, 0.15) is 86.0 Å². The molecule has 4 aliphatic carbocycles. The second-order valence-corrected chi connectivity index (χ2v) is 53.0. The van der Waals surface area contributed by atoms with Crippen molar-refractivity contribution >= 4 is 55.7 Å². The van der Waals surface area contributed by atoms with Crippen molar-refractivity contribution in [1.82, 2.24) is 0 Å². The third-order valence-corrected chi connectivity index (χ3v) is 19.7. The van der Waals surface area contributed by atoms with Gasteiger partial charge in [-0.2, -0.15) is 0 Å². The predicted octanol–water partition coefficient (Wildman–Crippen LogP) is 13.0. The first-order valence-corrected chi connectivity index (χ1v) is 43.5. The normalized spacial score (nSPS) is 34.5. The molecule has 0 aromatic rings. The van der Waals surface area contributed by atoms with Crippen molar-refractivity contribution in [2.45, 2.75) is 239 Å². The fourth-order valence-corrected chi connectivity index (χ4v) is 20.8. The molecule has 0 saturated heterocycles. The molecule has 0 aromatic heterocycles. The maximum absolute atomic E-state index is 15.0. The molecular weight excluding hydrogens is 821 g/mol. The van der Waals surface area contributed by atoms with E-state index >= 15 is 0 Å². The van der Waals surface area contributed by atoms with Gasteiger partial charge in [0.2, 0.25) is 0 Å². The number of fused-ring (bicyclic) bond motifs is 5. The number of hydrogen-bond acceptors (Lipinski definition) is 7. The molecule has 0 N–H and O–H groups in total. The Balaban J connectivity index is 1.90. The number of carbonyl (C=O) groups is 1. The third kappa shape index (κ3) is 11.8. The van der Waals surface area contributed by atoms with Crippen LogP contribution in [-0.4, -0.2) is 90.8 Å². The van der Waals surface area contributed by atoms with Crippen molar-refractivity contribution in [2.24, 2.45) is 28.6 Å². The topological polar surface area (TPSA) is 72.5 Å². The summed E-state index contributed by atoms with van der Waals surface area (Å²) in [6.45, 7) is 53.6. The molecule has 0 unspecified atom stereocenters. The van der Waals surface area contributed by atoms with E-state index in [9.17, 15) is 4.79 Å². The minimum atomic E-state index is -2.16. The Morgan fingerprint density at radius 3 is 1.69 bits per heavy atom. The summed E-state index contributed by atoms with van der Waals surface area (Å²) in [4.78, 5) is 15.0. The zero-order chi connectivity index (χ0) is 44.7. The summed E-state index contributed by atoms with van der Waals surface area (Å²) in [6.07, 6.45) is 9.31. The van der Waals surface area contributed by atoms with Crippen LogP contribution in [0, 0.1) is 28.6 Å². The lowest BCUT2D eigenvalue weighted by Gasteiger charge is -2.64. The lowest BCUT2D eigenvalue weighted by atomic mass is 9.45. The van der Waals surface area contributed by atoms with Crippen LogP contribution in [0.15, 0.2) is 11.6 Å². The maximum Gasteiger partial charge on any atom is 0.184 e. The summed E-state index contributed by atoms with van der Waals surface area (Å²) in [7, 11) is -11.9. The molecule has 4 aliphatic rings. The monoisotopic (exact) mass is 913 g/mol. The molecule has 338 valence electrons. The maximum atomic E-state index is 15.0. The molecule has 0 amide bonds. The molecule has 3 fully saturated rings. The summed E-state index contributed by atoms with van der Waals surface area (Å²) >= 11 is 0. The average molecular weight is 914 g/mol. The predicted molar refractivity (Wildman–Crippen MR) is 260 cm³/mol. The average Bonchev–Trinajstić information content (AvgIpc) is 3.24. The fourth-order valence-electron chi connectivity index (χ4n) is 12.4. The molecule has 0 aromatic carbocycles. The van der Waals surface area contributed by atoms with Crippen molar-refractivity contribution < 1.29 is 31.4 Å². The van der Waals surface area contributed by atoms with E-state index in [-0.39, 0.29) is 58.3 Å². The van der Waals surface area contributed by atoms with Crippen molar-refractivity contribution in [3.63, 3.8) is 0 Å². The number of hydrogen-bond donors (Lipinski definition) is 0. The Labute approximate surface area is 364 Å². The van der Waals surface area contributed by atoms with Crippen LogP contribution in [0.25, 0.3) is 0 Å². The molecule has 0 aliphatic heterocycles. The SMILES string of the molecule is CC(C)(CC[C@@H](O[Si](C)(C)C)[C@](C)(O[Si](C)(C)C)[C@H]1CC[C@@]2(O[Si](C)(C)C)C3=CC(=O)[C@@H]4C[C@@H](O[Si](C)(C)C)[C@@H](O[Si](C)(C)C)C[C@]4(C)[C@H]3CC[C@]12C)O[Si](C)(C)C. The van der Waals surface area contributed by atoms with E-state index in [2.05, 4.69) is 159 Å². The van der Waals surface area contributed by atoms with Gasteiger partial charge in [-0.3, -0.25) is 4.79 Å². The molecule has 13 heteroatoms. The molecule has 0 bridgehead atoms. The van der Waals surface area contributed by atoms with Crippen LogP contribution in [0.5, 0.6) is 0 Å². The van der Waals surface area contributed by atoms with Gasteiger partial charge in [-0.1, -0.05) is 13.8 Å². The third-order valence-electron chi connectivity index (χ3n) is 13.5. The van der Waals surface area contributed by atoms with Gasteiger partial charge in [-0.15, -0.1) is 0 Å². The zero-order valence-corrected chi connectivity index (χ0v) is 48.1. The van der Waals surface area contributed by atoms with Crippen LogP contribution >= 0.6 is 0 Å². The van der Waals surface area contributed by atoms with Crippen LogP contribution in [-0.2, 0) is 31.4 Å². The summed E-state index contributed by atoms with van der Waals surface area (Å²) in [5.41, 5.74) is -0.573. The summed E-state index contributed by atoms with van der Waals surface area (Å²) in [5, 5.41) is 0. The van der Waals surface area contributed by atoms with Crippen molar-refractivity contribution in [2.75, 3.05) is 0 Å². The molecular formula is C45H92O7Si6. The van der Waals surface area contributed by atoms with Gasteiger partial charge in [0.1, 0.15) is 0 Å². The number of carbonyl (C=O) groups excluding carboxylic acids is 1. The highest BCUT2D eigenvalue weighted by Gasteiger charge is 2.71. The van der Waals surface area contributed by atoms with Gasteiger partial charge in [0, 0.05) is 11.3 Å². The van der Waals surface area contributed by atoms with Crippen molar-refractivity contribution in [1.29, 1.82) is 0 Å². The minimum Gasteiger partial charge on any atom is -0.413 e. The fraction of sp³-hybridized carbons (Fsp3) is 0.933. The number of rotatable bonds is 17. The van der Waals surface area contributed by atoms with E-state index in [1.54, 1.807) is 0 Å². The quantitative estimate of drug-likeness (QED) is 0.135. The second kappa shape index (κ2) is 16.5. The van der Waals surface area contributed by atoms with E-state index in [0.29, 0.717) is 0 Å². The summed E-state index contributed by atoms with van der Waals surface area (Å²) in [5.74, 6) is 0.626. The molecule has 0 radical (unpaired) electrons. The number of allylic oxidation sites excluding steroid dienone is 1. The number of ketones is 1. The van der Waals surface area contributed by atoms with Gasteiger partial charge in [0.15, 0.2) is 55.7 Å². The standard InChI is InChI=1S/C45H92O7Si6/c1-41(2,50-56(15,16)17)27-26-40(49-55(12,13)14)44(5,51-57(18,19)20)39-25-29-45(52-58(21,22)23)34-30-36(46)35-31-37(47-53(6,7)8)38(48-54(9,10)11)32-42(35,3)33(34)24-28-43(39,45)4/h30,33,35,37-40H,24-29,31-32H2,1-23H3/t33-,35-,37+,38-,39-,40+,42+,43+,44+,45+/m0/s1. The lowest BCUT2D eigenvalue weighted by Crippen LogP contribution is -2.67. The Bertz CT molecular complexity index is 1510. The van der Waals surface area contributed by atoms with Crippen LogP contribution < -0.4 is 0 Å². The molecule has 3 saturated carbocycles. The van der Waals surface area contributed by atoms with Gasteiger partial charge in [-0.25, -0.2) is 0 Å². The Morgan fingerprint density at radius 1 is 0.672 bits per heavy atom. The van der Waals surface area contributed by atoms with Crippen molar-refractivity contribution in [3.05, 3.63) is 11.6 Å². The molecule has 0 heterocycles. The smallest absolute Gasteiger partial charge is 0.184 e. The largest absolute Gasteiger partial charge is 0.413 e. The van der Waals surface area contributed by atoms with Gasteiger partial charge in [0.05, 0.1) is 35.1 Å². The Kier molecular flexibility index (Phi) is 14.5. The summed E-state index contributed by atoms with van der Waals surface area (Å²) < 4.78 is 43.7. The van der Waals surface area contributed by atoms with E-state index < -0.39 is 61.1 Å². The Hall–Kier alpha value is 0.471. The van der Waals surface area contributed by atoms with E-state index in [1.165, 1.54) is 5.57 Å². The highest BCUT2D eigenvalue weighted by Crippen LogP contribution is 2.71. The molecule has 58 heavy (non-hydrogen) atoms. The van der Waals surface area contributed by atoms with E-state index in [4.69, 9.17) is 26.6 Å². The lowest BCUT2D eigenvalue weighted by molar-refractivity contribution is -0.164. The first kappa shape index (κ1) is 51.1. The van der Waals surface area contributed by atoms with E-state index in [0.717, 1.165) is 51.4 Å². The highest BCUT2D eigenvalue weighted by molar-refractivity contribution is 6.71. The summed E-state index contributed by atoms with van der Waals surface area (Å²) in [6, 6.07) is 0. The van der Waals surface area contributed by atoms with Gasteiger partial charge in [0.25, 0.3) is 0 Å². The van der Waals surface area contributed by atoms with Gasteiger partial charge >= 0.3 is 0 Å². The van der Waals surface area contributed by atoms with Crippen molar-refractivity contribution in [3.8, 4) is 0 Å². The highest BCUT2D eigenvalue weighted by atomic mass is 28.4. The van der Waals surface area contributed by atoms with Gasteiger partial charge < -0.3 is 26.6 Å². The first-order chi connectivity index (χ1) is 25.6. The second-order valence-electron chi connectivity index (χ2n) is 26.3. The molecule has 4 rings (SSSR count). The van der Waals surface area contributed by atoms with Crippen LogP contribution in [0.4, 0.5) is 0 Å². The molecule has 10 atom stereocenters. The van der Waals surface area contributed by atoms with Crippen LogP contribution in [0.2, 0.25) is 118 Å². The zero-order valence-electron chi connectivity index (χ0n) is 42.1. The minimum absolute atomic E-state index is 0.00706. The first-order valence-electron chi connectivity index (χ1n) is 23.0. The molecule has 7 nitrogen and oxygen atoms in total. The van der Waals surface area contributed by atoms with Gasteiger partial charge in [-0.05, 0) is 219 Å². The Morgan fingerprint density at radius 2 is 1.21 bits per heavy atom. The van der Waals surface area contributed by atoms with Crippen LogP contribution in [0.3, 0.4) is 0 Å². The van der Waals surface area contributed by atoms with E-state index in [1.807, 2.05) is 0 Å².